The molecule has 1 aromatic carbocycles. The number of nitrogens with zero attached hydrogens (tertiary/aromatic N) is 3. The minimum Gasteiger partial charge on any atom is -0.497 e. The maximum Gasteiger partial charge on any atom is 0.427 e. The van der Waals surface area contributed by atoms with Crippen LogP contribution in [0.3, 0.4) is 0 Å². The first kappa shape index (κ1) is 29.8. The molecule has 4 rings (SSSR count). The Balaban J connectivity index is 1.28. The Morgan fingerprint density at radius 2 is 1.67 bits per heavy atom. The summed E-state index contributed by atoms with van der Waals surface area (Å²) in [6.45, 7) is 0.912. The van der Waals surface area contributed by atoms with Gasteiger partial charge >= 0.3 is 12.3 Å². The third-order valence-corrected chi connectivity index (χ3v) is 9.06. The van der Waals surface area contributed by atoms with Gasteiger partial charge in [-0.3, -0.25) is 0 Å². The van der Waals surface area contributed by atoms with Crippen molar-refractivity contribution in [2.45, 2.75) is 37.3 Å². The van der Waals surface area contributed by atoms with Crippen molar-refractivity contribution < 1.29 is 50.1 Å². The summed E-state index contributed by atoms with van der Waals surface area (Å²) in [5.74, 6) is 0.606. The van der Waals surface area contributed by atoms with Gasteiger partial charge in [-0.05, 0) is 30.5 Å². The summed E-state index contributed by atoms with van der Waals surface area (Å²) in [7, 11) is -2.20. The number of piperidine rings is 1. The van der Waals surface area contributed by atoms with Crippen molar-refractivity contribution in [2.75, 3.05) is 72.8 Å². The van der Waals surface area contributed by atoms with E-state index in [1.54, 1.807) is 24.3 Å². The number of hydrogen-bond donors (Lipinski definition) is 0. The number of methoxy groups -OCH3 is 1. The molecule has 1 amide bonds. The highest BCUT2D eigenvalue weighted by molar-refractivity contribution is 7.86. The number of ether oxygens (including phenoxy) is 5. The maximum absolute atomic E-state index is 13.6. The fourth-order valence-electron chi connectivity index (χ4n) is 4.74. The van der Waals surface area contributed by atoms with Gasteiger partial charge < -0.3 is 28.6 Å². The zero-order valence-electron chi connectivity index (χ0n) is 21.7. The molecule has 1 aromatic rings. The molecule has 0 aromatic heterocycles. The number of benzene rings is 1. The minimum absolute atomic E-state index is 0.0710. The van der Waals surface area contributed by atoms with Crippen molar-refractivity contribution in [3.63, 3.8) is 0 Å². The van der Waals surface area contributed by atoms with Crippen LogP contribution in [-0.2, 0) is 35.8 Å². The molecule has 11 nitrogen and oxygen atoms in total. The van der Waals surface area contributed by atoms with Gasteiger partial charge in [0.2, 0.25) is 6.10 Å². The van der Waals surface area contributed by atoms with Crippen molar-refractivity contribution in [1.29, 1.82) is 0 Å². The number of amides is 1. The van der Waals surface area contributed by atoms with Crippen LogP contribution in [0.2, 0.25) is 0 Å². The van der Waals surface area contributed by atoms with E-state index >= 15 is 0 Å². The Morgan fingerprint density at radius 1 is 1.03 bits per heavy atom. The fourth-order valence-corrected chi connectivity index (χ4v) is 6.38. The quantitative estimate of drug-likeness (QED) is 0.459. The summed E-state index contributed by atoms with van der Waals surface area (Å²) in [6, 6.07) is 6.65. The van der Waals surface area contributed by atoms with E-state index in [4.69, 9.17) is 23.7 Å². The topological polar surface area (TPSA) is 107 Å². The summed E-state index contributed by atoms with van der Waals surface area (Å²) in [5, 5.41) is 0. The molecule has 15 heteroatoms. The number of halogens is 3. The third kappa shape index (κ3) is 7.52. The molecule has 3 aliphatic heterocycles. The molecular weight excluding hydrogens is 547 g/mol. The molecule has 1 unspecified atom stereocenters. The number of hydrogen-bond acceptors (Lipinski definition) is 8. The molecule has 3 fully saturated rings. The standard InChI is InChI=1S/C24H34F3N3O8S/c1-34-20-4-2-19(3-5-20)16-36-17-21(24(25,26)27)38-22(31)28-8-6-23(7-9-28)18-30(12-15-37-23)39(32,33)29-10-13-35-14-11-29/h2-5,21H,6-18H2,1H3. The van der Waals surface area contributed by atoms with Crippen LogP contribution in [0.1, 0.15) is 18.4 Å². The Bertz CT molecular complexity index is 1060. The first-order valence-electron chi connectivity index (χ1n) is 12.7. The monoisotopic (exact) mass is 581 g/mol. The lowest BCUT2D eigenvalue weighted by atomic mass is 9.90. The number of morpholine rings is 2. The second kappa shape index (κ2) is 12.6. The van der Waals surface area contributed by atoms with E-state index in [1.807, 2.05) is 0 Å². The average molecular weight is 582 g/mol. The summed E-state index contributed by atoms with van der Waals surface area (Å²) < 4.78 is 96.0. The van der Waals surface area contributed by atoms with Crippen LogP contribution in [-0.4, -0.2) is 119 Å². The Morgan fingerprint density at radius 3 is 2.28 bits per heavy atom. The van der Waals surface area contributed by atoms with Crippen LogP contribution < -0.4 is 4.74 Å². The molecule has 1 atom stereocenters. The van der Waals surface area contributed by atoms with Crippen molar-refractivity contribution in [3.8, 4) is 5.75 Å². The van der Waals surface area contributed by atoms with Crippen LogP contribution in [0.15, 0.2) is 24.3 Å². The zero-order valence-corrected chi connectivity index (χ0v) is 22.5. The van der Waals surface area contributed by atoms with E-state index in [1.165, 1.54) is 20.6 Å². The van der Waals surface area contributed by atoms with Crippen LogP contribution in [0.25, 0.3) is 0 Å². The zero-order chi connectivity index (χ0) is 28.1. The molecule has 0 N–H and O–H groups in total. The lowest BCUT2D eigenvalue weighted by Gasteiger charge is -2.47. The molecule has 220 valence electrons. The lowest BCUT2D eigenvalue weighted by Crippen LogP contribution is -2.61. The molecule has 0 bridgehead atoms. The normalized spacial score (nSPS) is 22.0. The Hall–Kier alpha value is -2.17. The molecule has 0 saturated carbocycles. The average Bonchev–Trinajstić information content (AvgIpc) is 2.93. The lowest BCUT2D eigenvalue weighted by molar-refractivity contribution is -0.220. The number of alkyl halides is 3. The molecule has 0 aliphatic carbocycles. The van der Waals surface area contributed by atoms with Crippen molar-refractivity contribution in [1.82, 2.24) is 13.5 Å². The van der Waals surface area contributed by atoms with E-state index in [2.05, 4.69) is 0 Å². The molecule has 1 spiro atoms. The second-order valence-corrected chi connectivity index (χ2v) is 11.6. The van der Waals surface area contributed by atoms with Gasteiger partial charge in [0, 0.05) is 39.3 Å². The van der Waals surface area contributed by atoms with E-state index in [-0.39, 0.29) is 65.3 Å². The van der Waals surface area contributed by atoms with Gasteiger partial charge in [-0.25, -0.2) is 4.79 Å². The Kier molecular flexibility index (Phi) is 9.60. The smallest absolute Gasteiger partial charge is 0.427 e. The van der Waals surface area contributed by atoms with Crippen molar-refractivity contribution in [2.24, 2.45) is 0 Å². The number of likely N-dealkylation sites (tertiary alicyclic amines) is 1. The van der Waals surface area contributed by atoms with Gasteiger partial charge in [-0.15, -0.1) is 0 Å². The molecule has 3 saturated heterocycles. The minimum atomic E-state index is -4.81. The van der Waals surface area contributed by atoms with Crippen molar-refractivity contribution in [3.05, 3.63) is 29.8 Å². The predicted octanol–water partition coefficient (Wildman–Crippen LogP) is 2.02. The first-order valence-corrected chi connectivity index (χ1v) is 14.1. The van der Waals surface area contributed by atoms with E-state index in [0.29, 0.717) is 24.5 Å². The highest BCUT2D eigenvalue weighted by atomic mass is 32.2. The predicted molar refractivity (Wildman–Crippen MR) is 131 cm³/mol. The molecular formula is C24H34F3N3O8S. The van der Waals surface area contributed by atoms with Crippen LogP contribution in [0.4, 0.5) is 18.0 Å². The molecule has 3 heterocycles. The second-order valence-electron chi connectivity index (χ2n) is 9.65. The summed E-state index contributed by atoms with van der Waals surface area (Å²) in [5.41, 5.74) is -0.180. The highest BCUT2D eigenvalue weighted by Gasteiger charge is 2.47. The third-order valence-electron chi connectivity index (χ3n) is 7.07. The largest absolute Gasteiger partial charge is 0.497 e. The maximum atomic E-state index is 13.6. The summed E-state index contributed by atoms with van der Waals surface area (Å²) in [6.07, 6.45) is -7.81. The SMILES string of the molecule is COc1ccc(COCC(OC(=O)N2CCC3(CC2)CN(S(=O)(=O)N2CCOCC2)CCO3)C(F)(F)F)cc1. The number of carbonyl (C=O) groups is 1. The van der Waals surface area contributed by atoms with Crippen LogP contribution >= 0.6 is 0 Å². The van der Waals surface area contributed by atoms with Crippen LogP contribution in [0.5, 0.6) is 5.75 Å². The summed E-state index contributed by atoms with van der Waals surface area (Å²) in [4.78, 5) is 13.8. The number of rotatable bonds is 8. The van der Waals surface area contributed by atoms with Gasteiger partial charge in [0.05, 0.1) is 45.7 Å². The van der Waals surface area contributed by atoms with Gasteiger partial charge in [-0.2, -0.15) is 30.2 Å². The van der Waals surface area contributed by atoms with Crippen LogP contribution in [0, 0.1) is 0 Å². The van der Waals surface area contributed by atoms with E-state index in [0.717, 1.165) is 0 Å². The fraction of sp³-hybridized carbons (Fsp3) is 0.708. The molecule has 0 radical (unpaired) electrons. The summed E-state index contributed by atoms with van der Waals surface area (Å²) >= 11 is 0. The number of carbonyl (C=O) groups excluding carboxylic acids is 1. The van der Waals surface area contributed by atoms with E-state index < -0.39 is 40.8 Å². The van der Waals surface area contributed by atoms with Gasteiger partial charge in [-0.1, -0.05) is 12.1 Å². The van der Waals surface area contributed by atoms with Gasteiger partial charge in [0.1, 0.15) is 5.75 Å². The van der Waals surface area contributed by atoms with Crippen molar-refractivity contribution >= 4 is 16.3 Å². The van der Waals surface area contributed by atoms with Gasteiger partial charge in [0.15, 0.2) is 0 Å². The van der Waals surface area contributed by atoms with E-state index in [9.17, 15) is 26.4 Å². The van der Waals surface area contributed by atoms with Gasteiger partial charge in [0.25, 0.3) is 10.2 Å². The first-order chi connectivity index (χ1) is 18.5. The molecule has 3 aliphatic rings. The highest BCUT2D eigenvalue weighted by Crippen LogP contribution is 2.33. The Labute approximate surface area is 225 Å². The molecule has 39 heavy (non-hydrogen) atoms.